The van der Waals surface area contributed by atoms with Crippen LogP contribution in [0.2, 0.25) is 0 Å². The number of benzene rings is 2. The molecule has 23 heavy (non-hydrogen) atoms. The van der Waals surface area contributed by atoms with Crippen LogP contribution in [-0.4, -0.2) is 6.03 Å². The highest BCUT2D eigenvalue weighted by Gasteiger charge is 2.13. The maximum absolute atomic E-state index is 12.1. The smallest absolute Gasteiger partial charge is 0.319 e. The lowest BCUT2D eigenvalue weighted by atomic mass is 10.1. The van der Waals surface area contributed by atoms with Crippen molar-refractivity contribution in [2.75, 3.05) is 11.1 Å². The lowest BCUT2D eigenvalue weighted by molar-refractivity contribution is 0.252. The maximum atomic E-state index is 12.1. The Kier molecular flexibility index (Phi) is 4.59. The molecule has 1 heterocycles. The summed E-state index contributed by atoms with van der Waals surface area (Å²) in [7, 11) is 0. The van der Waals surface area contributed by atoms with E-state index in [0.29, 0.717) is 17.2 Å². The van der Waals surface area contributed by atoms with Crippen molar-refractivity contribution in [3.05, 3.63) is 71.6 Å². The van der Waals surface area contributed by atoms with Crippen LogP contribution in [0.1, 0.15) is 5.56 Å². The van der Waals surface area contributed by atoms with Gasteiger partial charge in [-0.2, -0.15) is 0 Å². The predicted octanol–water partition coefficient (Wildman–Crippen LogP) is 4.32. The highest BCUT2D eigenvalue weighted by atomic mass is 32.1. The Balaban J connectivity index is 1.70. The highest BCUT2D eigenvalue weighted by Crippen LogP contribution is 2.38. The molecule has 0 spiro atoms. The van der Waals surface area contributed by atoms with Crippen LogP contribution in [0.25, 0.3) is 11.1 Å². The van der Waals surface area contributed by atoms with Crippen LogP contribution in [0.5, 0.6) is 0 Å². The summed E-state index contributed by atoms with van der Waals surface area (Å²) in [5.74, 6) is 0. The Hall–Kier alpha value is -2.79. The van der Waals surface area contributed by atoms with Crippen LogP contribution < -0.4 is 16.4 Å². The number of hydrogen-bond donors (Lipinski definition) is 3. The van der Waals surface area contributed by atoms with Gasteiger partial charge < -0.3 is 16.4 Å². The molecule has 0 aliphatic heterocycles. The lowest BCUT2D eigenvalue weighted by Gasteiger charge is -2.10. The van der Waals surface area contributed by atoms with Crippen molar-refractivity contribution in [3.63, 3.8) is 0 Å². The van der Waals surface area contributed by atoms with Crippen LogP contribution >= 0.6 is 11.3 Å². The molecule has 0 aliphatic carbocycles. The zero-order valence-electron chi connectivity index (χ0n) is 12.5. The van der Waals surface area contributed by atoms with Crippen molar-refractivity contribution in [1.82, 2.24) is 5.32 Å². The number of hydrogen-bond acceptors (Lipinski definition) is 3. The van der Waals surface area contributed by atoms with Gasteiger partial charge in [-0.05, 0) is 11.1 Å². The molecule has 2 amide bonds. The monoisotopic (exact) mass is 323 g/mol. The van der Waals surface area contributed by atoms with Gasteiger partial charge in [-0.15, -0.1) is 11.3 Å². The fourth-order valence-electron chi connectivity index (χ4n) is 2.27. The van der Waals surface area contributed by atoms with Crippen molar-refractivity contribution in [3.8, 4) is 11.1 Å². The van der Waals surface area contributed by atoms with Gasteiger partial charge >= 0.3 is 6.03 Å². The van der Waals surface area contributed by atoms with Crippen molar-refractivity contribution in [2.45, 2.75) is 6.54 Å². The van der Waals surface area contributed by atoms with E-state index in [0.717, 1.165) is 16.7 Å². The molecular weight excluding hydrogens is 306 g/mol. The molecule has 0 unspecified atom stereocenters. The van der Waals surface area contributed by atoms with Crippen LogP contribution in [0.3, 0.4) is 0 Å². The molecule has 116 valence electrons. The molecule has 0 radical (unpaired) electrons. The number of nitrogen functional groups attached to an aromatic ring is 1. The lowest BCUT2D eigenvalue weighted by Crippen LogP contribution is -2.28. The zero-order valence-corrected chi connectivity index (χ0v) is 13.3. The molecular formula is C18H17N3OS. The normalized spacial score (nSPS) is 10.3. The standard InChI is InChI=1S/C18H17N3OS/c19-17-16(15(12-23-17)14-9-5-2-6-10-14)21-18(22)20-11-13-7-3-1-4-8-13/h1-10,12H,11,19H2,(H2,20,21,22). The average Bonchev–Trinajstić information content (AvgIpc) is 2.95. The third kappa shape index (κ3) is 3.70. The van der Waals surface area contributed by atoms with Gasteiger partial charge in [-0.1, -0.05) is 60.7 Å². The van der Waals surface area contributed by atoms with Gasteiger partial charge in [0.2, 0.25) is 0 Å². The van der Waals surface area contributed by atoms with E-state index in [9.17, 15) is 4.79 Å². The van der Waals surface area contributed by atoms with Crippen molar-refractivity contribution in [1.29, 1.82) is 0 Å². The summed E-state index contributed by atoms with van der Waals surface area (Å²) in [6, 6.07) is 19.4. The average molecular weight is 323 g/mol. The van der Waals surface area contributed by atoms with E-state index in [1.54, 1.807) is 0 Å². The van der Waals surface area contributed by atoms with E-state index in [1.165, 1.54) is 11.3 Å². The molecule has 4 N–H and O–H groups in total. The molecule has 0 aliphatic rings. The zero-order chi connectivity index (χ0) is 16.1. The summed E-state index contributed by atoms with van der Waals surface area (Å²) in [5.41, 5.74) is 9.67. The Bertz CT molecular complexity index is 785. The van der Waals surface area contributed by atoms with Crippen molar-refractivity contribution < 1.29 is 4.79 Å². The third-order valence-corrected chi connectivity index (χ3v) is 4.25. The topological polar surface area (TPSA) is 67.1 Å². The molecule has 0 bridgehead atoms. The first kappa shape index (κ1) is 15.1. The minimum atomic E-state index is -0.267. The van der Waals surface area contributed by atoms with Gasteiger partial charge in [0.05, 0.1) is 5.69 Å². The fourth-order valence-corrected chi connectivity index (χ4v) is 3.05. The first-order valence-electron chi connectivity index (χ1n) is 7.25. The Morgan fingerprint density at radius 2 is 1.65 bits per heavy atom. The molecule has 0 saturated carbocycles. The minimum Gasteiger partial charge on any atom is -0.389 e. The van der Waals surface area contributed by atoms with Crippen LogP contribution in [0, 0.1) is 0 Å². The molecule has 0 saturated heterocycles. The molecule has 4 nitrogen and oxygen atoms in total. The molecule has 2 aromatic carbocycles. The van der Waals surface area contributed by atoms with Crippen LogP contribution in [0.4, 0.5) is 15.5 Å². The number of urea groups is 1. The first-order valence-corrected chi connectivity index (χ1v) is 8.13. The van der Waals surface area contributed by atoms with Gasteiger partial charge in [-0.3, -0.25) is 0 Å². The number of rotatable bonds is 4. The third-order valence-electron chi connectivity index (χ3n) is 3.44. The summed E-state index contributed by atoms with van der Waals surface area (Å²) < 4.78 is 0. The Morgan fingerprint density at radius 3 is 2.35 bits per heavy atom. The van der Waals surface area contributed by atoms with Gasteiger partial charge in [0.15, 0.2) is 0 Å². The van der Waals surface area contributed by atoms with Crippen LogP contribution in [0.15, 0.2) is 66.0 Å². The number of carbonyl (C=O) groups excluding carboxylic acids is 1. The second kappa shape index (κ2) is 6.98. The molecule has 1 aromatic heterocycles. The van der Waals surface area contributed by atoms with Gasteiger partial charge in [0.25, 0.3) is 0 Å². The molecule has 3 rings (SSSR count). The first-order chi connectivity index (χ1) is 11.2. The van der Waals surface area contributed by atoms with E-state index in [2.05, 4.69) is 10.6 Å². The second-order valence-corrected chi connectivity index (χ2v) is 5.96. The largest absolute Gasteiger partial charge is 0.389 e. The number of thiophene rings is 1. The summed E-state index contributed by atoms with van der Waals surface area (Å²) >= 11 is 1.42. The molecule has 0 fully saturated rings. The summed E-state index contributed by atoms with van der Waals surface area (Å²) in [6.45, 7) is 0.470. The number of amides is 2. The summed E-state index contributed by atoms with van der Waals surface area (Å²) in [5, 5.41) is 8.26. The van der Waals surface area contributed by atoms with E-state index < -0.39 is 0 Å². The highest BCUT2D eigenvalue weighted by molar-refractivity contribution is 7.15. The van der Waals surface area contributed by atoms with E-state index in [1.807, 2.05) is 66.0 Å². The van der Waals surface area contributed by atoms with E-state index in [-0.39, 0.29) is 6.03 Å². The minimum absolute atomic E-state index is 0.267. The van der Waals surface area contributed by atoms with Gasteiger partial charge in [0.1, 0.15) is 5.00 Å². The fraction of sp³-hybridized carbons (Fsp3) is 0.0556. The molecule has 5 heteroatoms. The summed E-state index contributed by atoms with van der Waals surface area (Å²) in [4.78, 5) is 12.1. The quantitative estimate of drug-likeness (QED) is 0.669. The van der Waals surface area contributed by atoms with E-state index in [4.69, 9.17) is 5.73 Å². The Labute approximate surface area is 139 Å². The maximum Gasteiger partial charge on any atom is 0.319 e. The number of anilines is 2. The predicted molar refractivity (Wildman–Crippen MR) is 96.5 cm³/mol. The van der Waals surface area contributed by atoms with Crippen LogP contribution in [-0.2, 0) is 6.54 Å². The molecule has 3 aromatic rings. The number of nitrogens with one attached hydrogen (secondary N) is 2. The SMILES string of the molecule is Nc1scc(-c2ccccc2)c1NC(=O)NCc1ccccc1. The molecule has 0 atom stereocenters. The van der Waals surface area contributed by atoms with Crippen molar-refractivity contribution in [2.24, 2.45) is 0 Å². The Morgan fingerprint density at radius 1 is 1.00 bits per heavy atom. The second-order valence-electron chi connectivity index (χ2n) is 5.05. The van der Waals surface area contributed by atoms with Crippen molar-refractivity contribution >= 4 is 28.1 Å². The van der Waals surface area contributed by atoms with Gasteiger partial charge in [-0.25, -0.2) is 4.79 Å². The van der Waals surface area contributed by atoms with E-state index >= 15 is 0 Å². The van der Waals surface area contributed by atoms with Gasteiger partial charge in [0, 0.05) is 17.5 Å². The summed E-state index contributed by atoms with van der Waals surface area (Å²) in [6.07, 6.45) is 0. The number of nitrogens with two attached hydrogens (primary N) is 1. The number of carbonyl (C=O) groups is 1.